The Morgan fingerprint density at radius 2 is 2.25 bits per heavy atom. The number of fused-ring (bicyclic) bond motifs is 1. The summed E-state index contributed by atoms with van der Waals surface area (Å²) in [6, 6.07) is 7.57. The van der Waals surface area contributed by atoms with Crippen molar-refractivity contribution < 1.29 is 4.79 Å². The molecule has 2 aromatic rings. The van der Waals surface area contributed by atoms with Gasteiger partial charge in [-0.05, 0) is 19.1 Å². The average Bonchev–Trinajstić information content (AvgIpc) is 2.56. The summed E-state index contributed by atoms with van der Waals surface area (Å²) < 4.78 is 1.71. The summed E-state index contributed by atoms with van der Waals surface area (Å²) in [5.41, 5.74) is 7.46. The van der Waals surface area contributed by atoms with Gasteiger partial charge < -0.3 is 15.6 Å². The van der Waals surface area contributed by atoms with E-state index in [1.54, 1.807) is 4.57 Å². The molecule has 0 aliphatic rings. The molecule has 0 unspecified atom stereocenters. The van der Waals surface area contributed by atoms with Gasteiger partial charge in [0.2, 0.25) is 11.9 Å². The Hall–Kier alpha value is -2.04. The number of benzene rings is 1. The number of nitrogens with one attached hydrogen (secondary N) is 1. The summed E-state index contributed by atoms with van der Waals surface area (Å²) in [5.74, 6) is 0.310. The van der Waals surface area contributed by atoms with Gasteiger partial charge in [0.25, 0.3) is 0 Å². The first-order valence-corrected chi connectivity index (χ1v) is 5.20. The largest absolute Gasteiger partial charge is 0.369 e. The minimum atomic E-state index is -0.0580. The smallest absolute Gasteiger partial charge is 0.240 e. The van der Waals surface area contributed by atoms with Gasteiger partial charge in [-0.3, -0.25) is 4.79 Å². The van der Waals surface area contributed by atoms with E-state index < -0.39 is 0 Å². The molecular weight excluding hydrogens is 204 g/mol. The molecule has 0 aliphatic heterocycles. The third kappa shape index (κ3) is 1.84. The summed E-state index contributed by atoms with van der Waals surface area (Å²) in [7, 11) is 0. The van der Waals surface area contributed by atoms with Crippen molar-refractivity contribution in [3.8, 4) is 0 Å². The van der Waals surface area contributed by atoms with Crippen LogP contribution in [0.4, 0.5) is 5.95 Å². The molecule has 1 aromatic heterocycles. The molecular formula is C11H14N4O. The van der Waals surface area contributed by atoms with Crippen LogP contribution in [-0.2, 0) is 11.3 Å². The SMILES string of the molecule is CCNC(=O)Cn1c(N)nc2ccccc21. The molecule has 0 fully saturated rings. The highest BCUT2D eigenvalue weighted by molar-refractivity contribution is 5.82. The molecule has 84 valence electrons. The molecule has 3 N–H and O–H groups in total. The van der Waals surface area contributed by atoms with E-state index in [0.717, 1.165) is 11.0 Å². The van der Waals surface area contributed by atoms with E-state index in [1.165, 1.54) is 0 Å². The predicted molar refractivity (Wildman–Crippen MR) is 62.8 cm³/mol. The second kappa shape index (κ2) is 4.22. The highest BCUT2D eigenvalue weighted by atomic mass is 16.1. The number of hydrogen-bond acceptors (Lipinski definition) is 3. The van der Waals surface area contributed by atoms with E-state index >= 15 is 0 Å². The summed E-state index contributed by atoms with van der Waals surface area (Å²) in [6.45, 7) is 2.71. The van der Waals surface area contributed by atoms with Crippen LogP contribution in [-0.4, -0.2) is 22.0 Å². The first-order chi connectivity index (χ1) is 7.72. The van der Waals surface area contributed by atoms with Gasteiger partial charge >= 0.3 is 0 Å². The van der Waals surface area contributed by atoms with Crippen LogP contribution in [0.1, 0.15) is 6.92 Å². The standard InChI is InChI=1S/C11H14N4O/c1-2-13-10(16)7-15-9-6-4-3-5-8(9)14-11(15)12/h3-6H,2,7H2,1H3,(H2,12,14)(H,13,16). The zero-order chi connectivity index (χ0) is 11.5. The Labute approximate surface area is 93.3 Å². The second-order valence-electron chi connectivity index (χ2n) is 3.50. The van der Waals surface area contributed by atoms with Crippen LogP contribution in [0.15, 0.2) is 24.3 Å². The van der Waals surface area contributed by atoms with E-state index in [-0.39, 0.29) is 12.5 Å². The molecule has 0 spiro atoms. The third-order valence-corrected chi connectivity index (χ3v) is 2.36. The zero-order valence-electron chi connectivity index (χ0n) is 9.10. The number of hydrogen-bond donors (Lipinski definition) is 2. The van der Waals surface area contributed by atoms with Crippen LogP contribution in [0.5, 0.6) is 0 Å². The molecule has 0 saturated heterocycles. The maximum Gasteiger partial charge on any atom is 0.240 e. The van der Waals surface area contributed by atoms with Gasteiger partial charge in [-0.2, -0.15) is 0 Å². The van der Waals surface area contributed by atoms with Crippen molar-refractivity contribution in [2.75, 3.05) is 12.3 Å². The van der Waals surface area contributed by atoms with E-state index in [9.17, 15) is 4.79 Å². The van der Waals surface area contributed by atoms with Crippen LogP contribution in [0.25, 0.3) is 11.0 Å². The number of rotatable bonds is 3. The van der Waals surface area contributed by atoms with Crippen molar-refractivity contribution in [3.05, 3.63) is 24.3 Å². The second-order valence-corrected chi connectivity index (χ2v) is 3.50. The number of anilines is 1. The number of amides is 1. The van der Waals surface area contributed by atoms with Gasteiger partial charge in [-0.25, -0.2) is 4.98 Å². The molecule has 0 radical (unpaired) electrons. The fourth-order valence-electron chi connectivity index (χ4n) is 1.66. The van der Waals surface area contributed by atoms with Crippen LogP contribution < -0.4 is 11.1 Å². The molecule has 0 saturated carbocycles. The lowest BCUT2D eigenvalue weighted by atomic mass is 10.3. The summed E-state index contributed by atoms with van der Waals surface area (Å²) in [6.07, 6.45) is 0. The number of carbonyl (C=O) groups excluding carboxylic acids is 1. The van der Waals surface area contributed by atoms with Gasteiger partial charge in [-0.15, -0.1) is 0 Å². The third-order valence-electron chi connectivity index (χ3n) is 2.36. The monoisotopic (exact) mass is 218 g/mol. The number of nitrogen functional groups attached to an aromatic ring is 1. The van der Waals surface area contributed by atoms with E-state index in [4.69, 9.17) is 5.73 Å². The maximum atomic E-state index is 11.5. The normalized spacial score (nSPS) is 10.6. The number of nitrogens with zero attached hydrogens (tertiary/aromatic N) is 2. The van der Waals surface area contributed by atoms with Gasteiger partial charge in [0.1, 0.15) is 6.54 Å². The number of nitrogens with two attached hydrogens (primary N) is 1. The Kier molecular flexibility index (Phi) is 2.76. The highest BCUT2D eigenvalue weighted by Crippen LogP contribution is 2.16. The first-order valence-electron chi connectivity index (χ1n) is 5.20. The lowest BCUT2D eigenvalue weighted by Crippen LogP contribution is -2.27. The molecule has 1 amide bonds. The van der Waals surface area contributed by atoms with Crippen LogP contribution in [0, 0.1) is 0 Å². The molecule has 0 atom stereocenters. The van der Waals surface area contributed by atoms with Crippen molar-refractivity contribution >= 4 is 22.9 Å². The number of carbonyl (C=O) groups is 1. The van der Waals surface area contributed by atoms with Crippen LogP contribution in [0.3, 0.4) is 0 Å². The minimum absolute atomic E-state index is 0.0580. The van der Waals surface area contributed by atoms with E-state index in [0.29, 0.717) is 12.5 Å². The van der Waals surface area contributed by atoms with Crippen molar-refractivity contribution in [1.29, 1.82) is 0 Å². The lowest BCUT2D eigenvalue weighted by Gasteiger charge is -2.05. The summed E-state index contributed by atoms with van der Waals surface area (Å²) in [4.78, 5) is 15.7. The Balaban J connectivity index is 2.36. The van der Waals surface area contributed by atoms with E-state index in [2.05, 4.69) is 10.3 Å². The Morgan fingerprint density at radius 1 is 1.50 bits per heavy atom. The number of aromatic nitrogens is 2. The zero-order valence-corrected chi connectivity index (χ0v) is 9.10. The summed E-state index contributed by atoms with van der Waals surface area (Å²) >= 11 is 0. The van der Waals surface area contributed by atoms with Gasteiger partial charge in [0, 0.05) is 6.54 Å². The quantitative estimate of drug-likeness (QED) is 0.798. The molecule has 0 bridgehead atoms. The molecule has 2 rings (SSSR count). The van der Waals surface area contributed by atoms with Gasteiger partial charge in [0.05, 0.1) is 11.0 Å². The lowest BCUT2D eigenvalue weighted by molar-refractivity contribution is -0.121. The molecule has 16 heavy (non-hydrogen) atoms. The number of likely N-dealkylation sites (N-methyl/N-ethyl adjacent to an activating group) is 1. The topological polar surface area (TPSA) is 72.9 Å². The Bertz CT molecular complexity index is 518. The van der Waals surface area contributed by atoms with Crippen molar-refractivity contribution in [3.63, 3.8) is 0 Å². The molecule has 5 heteroatoms. The van der Waals surface area contributed by atoms with Crippen molar-refractivity contribution in [1.82, 2.24) is 14.9 Å². The van der Waals surface area contributed by atoms with Crippen LogP contribution >= 0.6 is 0 Å². The number of imidazole rings is 1. The van der Waals surface area contributed by atoms with Gasteiger partial charge in [-0.1, -0.05) is 12.1 Å². The number of para-hydroxylation sites is 2. The van der Waals surface area contributed by atoms with Crippen LogP contribution in [0.2, 0.25) is 0 Å². The molecule has 1 heterocycles. The maximum absolute atomic E-state index is 11.5. The average molecular weight is 218 g/mol. The Morgan fingerprint density at radius 3 is 3.00 bits per heavy atom. The fourth-order valence-corrected chi connectivity index (χ4v) is 1.66. The first kappa shape index (κ1) is 10.5. The molecule has 5 nitrogen and oxygen atoms in total. The predicted octanol–water partition coefficient (Wildman–Crippen LogP) is 0.755. The molecule has 1 aromatic carbocycles. The summed E-state index contributed by atoms with van der Waals surface area (Å²) in [5, 5.41) is 2.73. The molecule has 0 aliphatic carbocycles. The van der Waals surface area contributed by atoms with Crippen molar-refractivity contribution in [2.45, 2.75) is 13.5 Å². The minimum Gasteiger partial charge on any atom is -0.369 e. The van der Waals surface area contributed by atoms with Gasteiger partial charge in [0.15, 0.2) is 0 Å². The van der Waals surface area contributed by atoms with Crippen molar-refractivity contribution in [2.24, 2.45) is 0 Å². The highest BCUT2D eigenvalue weighted by Gasteiger charge is 2.10. The van der Waals surface area contributed by atoms with E-state index in [1.807, 2.05) is 31.2 Å². The fraction of sp³-hybridized carbons (Fsp3) is 0.273.